The third-order valence-electron chi connectivity index (χ3n) is 5.14. The molecule has 2 aromatic rings. The number of para-hydroxylation sites is 1. The Morgan fingerprint density at radius 1 is 1.25 bits per heavy atom. The van der Waals surface area contributed by atoms with Crippen LogP contribution in [0.3, 0.4) is 0 Å². The summed E-state index contributed by atoms with van der Waals surface area (Å²) < 4.78 is 0. The number of nitrogens with one attached hydrogen (secondary N) is 1. The van der Waals surface area contributed by atoms with E-state index in [-0.39, 0.29) is 28.5 Å². The van der Waals surface area contributed by atoms with Crippen molar-refractivity contribution in [3.05, 3.63) is 80.4 Å². The van der Waals surface area contributed by atoms with E-state index in [0.717, 1.165) is 33.8 Å². The van der Waals surface area contributed by atoms with Gasteiger partial charge < -0.3 is 5.32 Å². The third-order valence-corrected chi connectivity index (χ3v) is 5.47. The van der Waals surface area contributed by atoms with Crippen LogP contribution in [0.2, 0.25) is 5.02 Å². The van der Waals surface area contributed by atoms with Gasteiger partial charge in [0, 0.05) is 28.3 Å². The number of halogens is 1. The number of anilines is 1. The molecule has 122 valence electrons. The highest BCUT2D eigenvalue weighted by molar-refractivity contribution is 6.32. The molecular weight excluding hydrogens is 324 g/mol. The van der Waals surface area contributed by atoms with Crippen molar-refractivity contribution in [2.24, 2.45) is 5.92 Å². The van der Waals surface area contributed by atoms with E-state index in [1.54, 1.807) is 12.1 Å². The Bertz CT molecular complexity index is 862. The fourth-order valence-corrected chi connectivity index (χ4v) is 4.32. The number of nitrogens with zero attached hydrogens (tertiary/aromatic N) is 1. The summed E-state index contributed by atoms with van der Waals surface area (Å²) >= 11 is 6.47. The van der Waals surface area contributed by atoms with Crippen molar-refractivity contribution in [3.63, 3.8) is 0 Å². The van der Waals surface area contributed by atoms with Gasteiger partial charge in [0.25, 0.3) is 5.69 Å². The molecule has 4 rings (SSSR count). The highest BCUT2D eigenvalue weighted by atomic mass is 35.5. The first-order chi connectivity index (χ1) is 11.6. The molecule has 0 aromatic heterocycles. The maximum Gasteiger partial charge on any atom is 0.274 e. The lowest BCUT2D eigenvalue weighted by Crippen LogP contribution is -2.30. The van der Waals surface area contributed by atoms with Crippen LogP contribution in [0.15, 0.2) is 48.6 Å². The molecule has 0 saturated carbocycles. The zero-order chi connectivity index (χ0) is 16.8. The van der Waals surface area contributed by atoms with Gasteiger partial charge in [0.15, 0.2) is 0 Å². The Morgan fingerprint density at radius 2 is 2.04 bits per heavy atom. The molecule has 2 aliphatic rings. The molecule has 0 radical (unpaired) electrons. The van der Waals surface area contributed by atoms with E-state index in [1.165, 1.54) is 0 Å². The highest BCUT2D eigenvalue weighted by Crippen LogP contribution is 2.53. The second-order valence-electron chi connectivity index (χ2n) is 6.44. The van der Waals surface area contributed by atoms with Crippen molar-refractivity contribution in [2.75, 3.05) is 5.32 Å². The molecule has 2 aromatic carbocycles. The molecular formula is C19H17ClN2O2. The molecule has 24 heavy (non-hydrogen) atoms. The molecule has 0 unspecified atom stereocenters. The summed E-state index contributed by atoms with van der Waals surface area (Å²) in [5.74, 6) is 0.427. The lowest BCUT2D eigenvalue weighted by Gasteiger charge is -2.38. The van der Waals surface area contributed by atoms with Gasteiger partial charge in [-0.3, -0.25) is 10.1 Å². The fraction of sp³-hybridized carbons (Fsp3) is 0.263. The standard InChI is InChI=1S/C19H17ClN2O2/c1-11-9-10-15(20)17-12-6-4-7-13(12)19(21-18(11)17)14-5-2-3-8-16(14)22(23)24/h2-6,8-10,12-13,19,21H,7H2,1H3/t12-,13-,19-/m0/s1. The lowest BCUT2D eigenvalue weighted by atomic mass is 9.76. The second-order valence-corrected chi connectivity index (χ2v) is 6.85. The third kappa shape index (κ3) is 2.21. The molecule has 4 nitrogen and oxygen atoms in total. The summed E-state index contributed by atoms with van der Waals surface area (Å²) in [7, 11) is 0. The quantitative estimate of drug-likeness (QED) is 0.453. The van der Waals surface area contributed by atoms with E-state index in [2.05, 4.69) is 17.5 Å². The van der Waals surface area contributed by atoms with Crippen LogP contribution >= 0.6 is 11.6 Å². The summed E-state index contributed by atoms with van der Waals surface area (Å²) in [5, 5.41) is 15.8. The normalized spacial score (nSPS) is 24.2. The van der Waals surface area contributed by atoms with Crippen LogP contribution in [-0.2, 0) is 0 Å². The van der Waals surface area contributed by atoms with Gasteiger partial charge in [-0.2, -0.15) is 0 Å². The SMILES string of the molecule is Cc1ccc(Cl)c2c1N[C@H](c1ccccc1[N+](=O)[O-])[C@H]1CC=C[C@H]21. The number of fused-ring (bicyclic) bond motifs is 3. The van der Waals surface area contributed by atoms with E-state index in [9.17, 15) is 10.1 Å². The Kier molecular flexibility index (Phi) is 3.57. The highest BCUT2D eigenvalue weighted by Gasteiger charge is 2.41. The van der Waals surface area contributed by atoms with Crippen LogP contribution in [-0.4, -0.2) is 4.92 Å². The molecule has 1 aliphatic carbocycles. The molecule has 0 saturated heterocycles. The van der Waals surface area contributed by atoms with Gasteiger partial charge in [-0.1, -0.05) is 48.0 Å². The maximum atomic E-state index is 11.5. The van der Waals surface area contributed by atoms with Crippen LogP contribution in [0.5, 0.6) is 0 Å². The zero-order valence-corrected chi connectivity index (χ0v) is 14.0. The number of hydrogen-bond acceptors (Lipinski definition) is 3. The van der Waals surface area contributed by atoms with Crippen LogP contribution < -0.4 is 5.32 Å². The number of nitro groups is 1. The minimum Gasteiger partial charge on any atom is -0.377 e. The Labute approximate surface area is 145 Å². The van der Waals surface area contributed by atoms with Crippen LogP contribution in [0.1, 0.15) is 35.1 Å². The molecule has 0 amide bonds. The second kappa shape index (κ2) is 5.64. The maximum absolute atomic E-state index is 11.5. The smallest absolute Gasteiger partial charge is 0.274 e. The molecule has 1 N–H and O–H groups in total. The van der Waals surface area contributed by atoms with Crippen molar-refractivity contribution < 1.29 is 4.92 Å². The van der Waals surface area contributed by atoms with E-state index in [0.29, 0.717) is 0 Å². The molecule has 1 heterocycles. The van der Waals surface area contributed by atoms with E-state index in [4.69, 9.17) is 11.6 Å². The van der Waals surface area contributed by atoms with Crippen molar-refractivity contribution >= 4 is 23.0 Å². The van der Waals surface area contributed by atoms with Crippen LogP contribution in [0, 0.1) is 23.0 Å². The minimum absolute atomic E-state index is 0.101. The number of hydrogen-bond donors (Lipinski definition) is 1. The zero-order valence-electron chi connectivity index (χ0n) is 13.2. The van der Waals surface area contributed by atoms with Gasteiger partial charge in [0.2, 0.25) is 0 Å². The first-order valence-corrected chi connectivity index (χ1v) is 8.41. The number of rotatable bonds is 2. The number of aryl methyl sites for hydroxylation is 1. The van der Waals surface area contributed by atoms with Crippen molar-refractivity contribution in [2.45, 2.75) is 25.3 Å². The Hall–Kier alpha value is -2.33. The topological polar surface area (TPSA) is 55.2 Å². The van der Waals surface area contributed by atoms with E-state index in [1.807, 2.05) is 31.2 Å². The average Bonchev–Trinajstić information content (AvgIpc) is 3.06. The molecule has 0 fully saturated rings. The fourth-order valence-electron chi connectivity index (χ4n) is 4.03. The summed E-state index contributed by atoms with van der Waals surface area (Å²) in [6.45, 7) is 2.04. The van der Waals surface area contributed by atoms with Gasteiger partial charge in [0.05, 0.1) is 16.5 Å². The Balaban J connectivity index is 1.88. The van der Waals surface area contributed by atoms with Gasteiger partial charge in [-0.05, 0) is 30.9 Å². The van der Waals surface area contributed by atoms with Crippen molar-refractivity contribution in [3.8, 4) is 0 Å². The molecule has 1 aliphatic heterocycles. The van der Waals surface area contributed by atoms with Crippen LogP contribution in [0.4, 0.5) is 11.4 Å². The molecule has 0 spiro atoms. The van der Waals surface area contributed by atoms with Gasteiger partial charge in [-0.25, -0.2) is 0 Å². The average molecular weight is 341 g/mol. The summed E-state index contributed by atoms with van der Waals surface area (Å²) in [5.41, 5.74) is 4.15. The molecule has 3 atom stereocenters. The predicted molar refractivity (Wildman–Crippen MR) is 95.6 cm³/mol. The number of benzene rings is 2. The van der Waals surface area contributed by atoms with Crippen molar-refractivity contribution in [1.82, 2.24) is 0 Å². The summed E-state index contributed by atoms with van der Waals surface area (Å²) in [6.07, 6.45) is 5.24. The summed E-state index contributed by atoms with van der Waals surface area (Å²) in [6, 6.07) is 10.8. The molecule has 5 heteroatoms. The van der Waals surface area contributed by atoms with Gasteiger partial charge in [-0.15, -0.1) is 0 Å². The van der Waals surface area contributed by atoms with E-state index >= 15 is 0 Å². The van der Waals surface area contributed by atoms with Gasteiger partial charge >= 0.3 is 0 Å². The number of nitro benzene ring substituents is 1. The first-order valence-electron chi connectivity index (χ1n) is 8.03. The predicted octanol–water partition coefficient (Wildman–Crippen LogP) is 5.38. The largest absolute Gasteiger partial charge is 0.377 e. The monoisotopic (exact) mass is 340 g/mol. The number of allylic oxidation sites excluding steroid dienone is 2. The molecule has 0 bridgehead atoms. The van der Waals surface area contributed by atoms with Crippen molar-refractivity contribution in [1.29, 1.82) is 0 Å². The Morgan fingerprint density at radius 3 is 2.83 bits per heavy atom. The first kappa shape index (κ1) is 15.2. The minimum atomic E-state index is -0.297. The van der Waals surface area contributed by atoms with E-state index < -0.39 is 0 Å². The van der Waals surface area contributed by atoms with Gasteiger partial charge in [0.1, 0.15) is 0 Å². The lowest BCUT2D eigenvalue weighted by molar-refractivity contribution is -0.385. The van der Waals surface area contributed by atoms with Crippen LogP contribution in [0.25, 0.3) is 0 Å². The summed E-state index contributed by atoms with van der Waals surface area (Å²) in [4.78, 5) is 11.2.